The number of halogens is 4. The number of nitrogens with one attached hydrogen (secondary N) is 1. The number of aromatic hydroxyl groups is 1. The molecule has 0 atom stereocenters. The fourth-order valence-corrected chi connectivity index (χ4v) is 6.06. The number of nitrogens with zero attached hydrogens (tertiary/aromatic N) is 8. The number of ether oxygens (including phenoxy) is 1. The van der Waals surface area contributed by atoms with E-state index in [1.807, 2.05) is 17.9 Å². The van der Waals surface area contributed by atoms with Crippen LogP contribution in [0.5, 0.6) is 5.75 Å². The summed E-state index contributed by atoms with van der Waals surface area (Å²) in [7, 11) is 1.59. The van der Waals surface area contributed by atoms with Crippen LogP contribution in [0.1, 0.15) is 40.9 Å². The van der Waals surface area contributed by atoms with Crippen LogP contribution >= 0.6 is 11.6 Å². The zero-order valence-corrected chi connectivity index (χ0v) is 26.7. The van der Waals surface area contributed by atoms with Crippen LogP contribution < -0.4 is 15.8 Å². The summed E-state index contributed by atoms with van der Waals surface area (Å²) in [6.07, 6.45) is -0.629. The molecule has 5 heterocycles. The van der Waals surface area contributed by atoms with Crippen LogP contribution in [0.4, 0.5) is 24.5 Å². The van der Waals surface area contributed by atoms with E-state index in [0.717, 1.165) is 28.3 Å². The van der Waals surface area contributed by atoms with E-state index in [0.29, 0.717) is 37.6 Å². The number of fused-ring (bicyclic) bond motifs is 1. The lowest BCUT2D eigenvalue weighted by molar-refractivity contribution is -0.137. The highest BCUT2D eigenvalue weighted by atomic mass is 35.5. The zero-order chi connectivity index (χ0) is 34.3. The Bertz CT molecular complexity index is 1990. The van der Waals surface area contributed by atoms with Crippen LogP contribution in [0.25, 0.3) is 11.4 Å². The molecule has 48 heavy (non-hydrogen) atoms. The first-order valence-corrected chi connectivity index (χ1v) is 15.5. The van der Waals surface area contributed by atoms with Crippen molar-refractivity contribution in [1.29, 1.82) is 0 Å². The number of rotatable bonds is 7. The van der Waals surface area contributed by atoms with E-state index in [4.69, 9.17) is 16.3 Å². The number of aromatic nitrogens is 6. The van der Waals surface area contributed by atoms with E-state index in [-0.39, 0.29) is 66.3 Å². The zero-order valence-electron chi connectivity index (χ0n) is 25.9. The first kappa shape index (κ1) is 33.0. The van der Waals surface area contributed by atoms with Gasteiger partial charge in [-0.1, -0.05) is 24.6 Å². The Hall–Kier alpha value is -4.90. The molecule has 0 saturated carbocycles. The smallest absolute Gasteiger partial charge is 0.416 e. The summed E-state index contributed by atoms with van der Waals surface area (Å²) in [4.78, 5) is 48.6. The minimum atomic E-state index is -4.61. The molecule has 14 nitrogen and oxygen atoms in total. The van der Waals surface area contributed by atoms with Gasteiger partial charge in [-0.3, -0.25) is 19.1 Å². The predicted octanol–water partition coefficient (Wildman–Crippen LogP) is 2.97. The third-order valence-electron chi connectivity index (χ3n) is 8.18. The predicted molar refractivity (Wildman–Crippen MR) is 168 cm³/mol. The van der Waals surface area contributed by atoms with Crippen molar-refractivity contribution in [1.82, 2.24) is 33.8 Å². The molecule has 18 heteroatoms. The standard InChI is InChI=1S/C30H31ClF3N9O5/c1-3-21-25(40-8-10-41(11-9-40)27(46)24-22(44)15-39(2)37-24)28(47)43-29(36-26(38-43)17-6-12-48-13-7-17)42(21)16-23(45)35-20-5-4-18(14-19(20)31)30(32,33)34/h4-6,14-15,44H,3,7-13,16H2,1-2H3,(H,35,45). The van der Waals surface area contributed by atoms with Crippen molar-refractivity contribution in [2.45, 2.75) is 32.5 Å². The highest BCUT2D eigenvalue weighted by molar-refractivity contribution is 6.33. The number of alkyl halides is 3. The SMILES string of the molecule is CCc1c(N2CCN(C(=O)c3nn(C)cc3O)CC2)c(=O)n2nc(C3=CCOCC3)nc2n1CC(=O)Nc1ccc(C(F)(F)F)cc1Cl. The molecule has 2 N–H and O–H groups in total. The highest BCUT2D eigenvalue weighted by Crippen LogP contribution is 2.34. The second kappa shape index (κ2) is 13.0. The number of carbonyl (C=O) groups excluding carboxylic acids is 2. The second-order valence-electron chi connectivity index (χ2n) is 11.3. The first-order valence-electron chi connectivity index (χ1n) is 15.1. The molecule has 4 aromatic rings. The van der Waals surface area contributed by atoms with E-state index in [9.17, 15) is 32.7 Å². The van der Waals surface area contributed by atoms with Crippen LogP contribution in [0, 0.1) is 0 Å². The van der Waals surface area contributed by atoms with Crippen LogP contribution in [0.15, 0.2) is 35.3 Å². The number of aryl methyl sites for hydroxylation is 1. The Balaban J connectivity index is 1.35. The molecule has 0 radical (unpaired) electrons. The van der Waals surface area contributed by atoms with E-state index in [1.54, 1.807) is 11.6 Å². The van der Waals surface area contributed by atoms with Gasteiger partial charge in [0, 0.05) is 33.2 Å². The molecule has 1 aromatic carbocycles. The third-order valence-corrected chi connectivity index (χ3v) is 8.49. The topological polar surface area (TPSA) is 152 Å². The number of hydrogen-bond acceptors (Lipinski definition) is 9. The van der Waals surface area contributed by atoms with Crippen molar-refractivity contribution in [3.05, 3.63) is 68.6 Å². The van der Waals surface area contributed by atoms with Crippen molar-refractivity contribution in [2.75, 3.05) is 49.6 Å². The molecule has 2 aliphatic heterocycles. The molecule has 0 spiro atoms. The molecule has 2 amide bonds. The highest BCUT2D eigenvalue weighted by Gasteiger charge is 2.32. The second-order valence-corrected chi connectivity index (χ2v) is 11.7. The average molecular weight is 690 g/mol. The number of benzene rings is 1. The van der Waals surface area contributed by atoms with Crippen molar-refractivity contribution in [3.63, 3.8) is 0 Å². The van der Waals surface area contributed by atoms with Gasteiger partial charge in [0.25, 0.3) is 11.5 Å². The van der Waals surface area contributed by atoms with Crippen LogP contribution in [0.3, 0.4) is 0 Å². The largest absolute Gasteiger partial charge is 0.504 e. The van der Waals surface area contributed by atoms with E-state index in [2.05, 4.69) is 20.5 Å². The summed E-state index contributed by atoms with van der Waals surface area (Å²) in [5.41, 5.74) is 0.0283. The van der Waals surface area contributed by atoms with Crippen LogP contribution in [0.2, 0.25) is 5.02 Å². The van der Waals surface area contributed by atoms with Gasteiger partial charge in [0.15, 0.2) is 17.3 Å². The maximum atomic E-state index is 14.1. The van der Waals surface area contributed by atoms with Gasteiger partial charge < -0.3 is 29.5 Å². The summed E-state index contributed by atoms with van der Waals surface area (Å²) >= 11 is 6.10. The Labute approximate surface area is 276 Å². The van der Waals surface area contributed by atoms with Crippen molar-refractivity contribution in [3.8, 4) is 5.75 Å². The molecule has 6 rings (SSSR count). The maximum absolute atomic E-state index is 14.1. The lowest BCUT2D eigenvalue weighted by Gasteiger charge is -2.36. The van der Waals surface area contributed by atoms with Gasteiger partial charge in [0.2, 0.25) is 11.7 Å². The van der Waals surface area contributed by atoms with Crippen molar-refractivity contribution in [2.24, 2.45) is 7.05 Å². The third kappa shape index (κ3) is 6.34. The lowest BCUT2D eigenvalue weighted by Crippen LogP contribution is -2.51. The minimum Gasteiger partial charge on any atom is -0.504 e. The molecular weight excluding hydrogens is 659 g/mol. The number of hydrogen-bond donors (Lipinski definition) is 2. The fourth-order valence-electron chi connectivity index (χ4n) is 5.83. The Kier molecular flexibility index (Phi) is 8.91. The first-order chi connectivity index (χ1) is 22.8. The summed E-state index contributed by atoms with van der Waals surface area (Å²) < 4.78 is 48.9. The number of carbonyl (C=O) groups is 2. The molecule has 3 aromatic heterocycles. The summed E-state index contributed by atoms with van der Waals surface area (Å²) in [6, 6.07) is 2.63. The summed E-state index contributed by atoms with van der Waals surface area (Å²) in [6.45, 7) is 3.21. The molecule has 0 bridgehead atoms. The maximum Gasteiger partial charge on any atom is 0.416 e. The van der Waals surface area contributed by atoms with Crippen molar-refractivity contribution >= 4 is 46.1 Å². The fraction of sp³-hybridized carbons (Fsp3) is 0.400. The van der Waals surface area contributed by atoms with Crippen molar-refractivity contribution < 1.29 is 32.6 Å². The molecule has 0 aliphatic carbocycles. The van der Waals surface area contributed by atoms with Crippen LogP contribution in [-0.4, -0.2) is 90.2 Å². The van der Waals surface area contributed by atoms with Gasteiger partial charge >= 0.3 is 6.18 Å². The molecule has 1 saturated heterocycles. The van der Waals surface area contributed by atoms with Gasteiger partial charge in [-0.2, -0.15) is 27.8 Å². The molecule has 0 unspecified atom stereocenters. The molecular formula is C30H31ClF3N9O5. The van der Waals surface area contributed by atoms with Gasteiger partial charge in [0.05, 0.1) is 41.4 Å². The quantitative estimate of drug-likeness (QED) is 0.298. The van der Waals surface area contributed by atoms with Crippen LogP contribution in [-0.2, 0) is 35.7 Å². The van der Waals surface area contributed by atoms with E-state index in [1.165, 1.54) is 15.8 Å². The molecule has 2 aliphatic rings. The van der Waals surface area contributed by atoms with Gasteiger partial charge in [-0.25, -0.2) is 0 Å². The van der Waals surface area contributed by atoms with E-state index >= 15 is 0 Å². The Morgan fingerprint density at radius 1 is 1.15 bits per heavy atom. The normalized spacial score (nSPS) is 15.6. The summed E-state index contributed by atoms with van der Waals surface area (Å²) in [5, 5.41) is 21.0. The monoisotopic (exact) mass is 689 g/mol. The average Bonchev–Trinajstić information content (AvgIpc) is 3.66. The Morgan fingerprint density at radius 3 is 2.50 bits per heavy atom. The number of piperazine rings is 1. The van der Waals surface area contributed by atoms with E-state index < -0.39 is 29.1 Å². The molecule has 1 fully saturated rings. The molecule has 254 valence electrons. The van der Waals surface area contributed by atoms with Gasteiger partial charge in [0.1, 0.15) is 12.2 Å². The Morgan fingerprint density at radius 2 is 1.90 bits per heavy atom. The van der Waals surface area contributed by atoms with Gasteiger partial charge in [-0.05, 0) is 36.6 Å². The lowest BCUT2D eigenvalue weighted by atomic mass is 10.1. The summed E-state index contributed by atoms with van der Waals surface area (Å²) in [5.74, 6) is -0.885. The number of amides is 2. The number of anilines is 2. The van der Waals surface area contributed by atoms with Gasteiger partial charge in [-0.15, -0.1) is 5.10 Å². The minimum absolute atomic E-state index is 0.0146.